The van der Waals surface area contributed by atoms with Gasteiger partial charge in [-0.3, -0.25) is 24.1 Å². The van der Waals surface area contributed by atoms with Crippen LogP contribution in [0.15, 0.2) is 36.4 Å². The summed E-state index contributed by atoms with van der Waals surface area (Å²) in [6.45, 7) is 1.89. The first-order valence-electron chi connectivity index (χ1n) is 10.5. The Balaban J connectivity index is 1.71. The molecule has 0 spiro atoms. The van der Waals surface area contributed by atoms with E-state index in [2.05, 4.69) is 5.32 Å². The van der Waals surface area contributed by atoms with Crippen molar-refractivity contribution < 1.29 is 23.9 Å². The van der Waals surface area contributed by atoms with Crippen LogP contribution < -0.4 is 10.1 Å². The predicted molar refractivity (Wildman–Crippen MR) is 114 cm³/mol. The van der Waals surface area contributed by atoms with E-state index in [9.17, 15) is 19.2 Å². The van der Waals surface area contributed by atoms with Gasteiger partial charge in [0, 0.05) is 26.6 Å². The molecule has 8 heteroatoms. The molecule has 3 rings (SSSR count). The van der Waals surface area contributed by atoms with Crippen molar-refractivity contribution in [3.05, 3.63) is 42.0 Å². The van der Waals surface area contributed by atoms with E-state index in [1.165, 1.54) is 16.8 Å². The minimum absolute atomic E-state index is 0.0264. The van der Waals surface area contributed by atoms with E-state index >= 15 is 0 Å². The van der Waals surface area contributed by atoms with Crippen LogP contribution in [0.25, 0.3) is 0 Å². The highest BCUT2D eigenvalue weighted by Crippen LogP contribution is 2.35. The average Bonchev–Trinajstić information content (AvgIpc) is 3.04. The van der Waals surface area contributed by atoms with Crippen LogP contribution in [-0.2, 0) is 25.7 Å². The second-order valence-electron chi connectivity index (χ2n) is 7.90. The molecule has 2 aliphatic rings. The highest BCUT2D eigenvalue weighted by atomic mass is 16.5. The van der Waals surface area contributed by atoms with Crippen LogP contribution in [0, 0.1) is 11.8 Å². The Morgan fingerprint density at radius 2 is 1.84 bits per heavy atom. The lowest BCUT2D eigenvalue weighted by Crippen LogP contribution is -2.47. The lowest BCUT2D eigenvalue weighted by molar-refractivity contribution is -0.143. The van der Waals surface area contributed by atoms with Gasteiger partial charge in [0.2, 0.25) is 23.6 Å². The molecule has 8 nitrogen and oxygen atoms in total. The fourth-order valence-corrected chi connectivity index (χ4v) is 4.20. The number of hydrogen-bond donors (Lipinski definition) is 1. The van der Waals surface area contributed by atoms with Crippen molar-refractivity contribution in [1.82, 2.24) is 15.1 Å². The number of fused-ring (bicyclic) bond motifs is 1. The van der Waals surface area contributed by atoms with Crippen LogP contribution in [0.3, 0.4) is 0 Å². The number of methoxy groups -OCH3 is 1. The van der Waals surface area contributed by atoms with E-state index in [0.717, 1.165) is 5.56 Å². The Morgan fingerprint density at radius 3 is 2.42 bits per heavy atom. The molecule has 0 radical (unpaired) electrons. The van der Waals surface area contributed by atoms with Gasteiger partial charge in [0.25, 0.3) is 0 Å². The number of hydrogen-bond acceptors (Lipinski definition) is 5. The molecule has 1 saturated heterocycles. The third kappa shape index (κ3) is 4.78. The number of amides is 4. The molecule has 0 aromatic heterocycles. The maximum absolute atomic E-state index is 13.1. The molecule has 4 amide bonds. The molecule has 1 aliphatic heterocycles. The van der Waals surface area contributed by atoms with Gasteiger partial charge in [0.05, 0.1) is 18.9 Å². The summed E-state index contributed by atoms with van der Waals surface area (Å²) in [5.74, 6) is -0.969. The quantitative estimate of drug-likeness (QED) is 0.501. The molecule has 3 atom stereocenters. The van der Waals surface area contributed by atoms with Gasteiger partial charge in [-0.1, -0.05) is 24.3 Å². The maximum Gasteiger partial charge on any atom is 0.242 e. The van der Waals surface area contributed by atoms with Crippen LogP contribution >= 0.6 is 0 Å². The Hall–Kier alpha value is -3.16. The number of carbonyl (C=O) groups excluding carboxylic acids is 4. The van der Waals surface area contributed by atoms with Crippen LogP contribution in [0.2, 0.25) is 0 Å². The lowest BCUT2D eigenvalue weighted by atomic mass is 9.85. The number of benzene rings is 1. The molecule has 31 heavy (non-hydrogen) atoms. The zero-order valence-electron chi connectivity index (χ0n) is 18.2. The molecule has 1 fully saturated rings. The molecule has 0 saturated carbocycles. The summed E-state index contributed by atoms with van der Waals surface area (Å²) >= 11 is 0. The lowest BCUT2D eigenvalue weighted by Gasteiger charge is -2.29. The summed E-state index contributed by atoms with van der Waals surface area (Å²) in [7, 11) is 3.08. The summed E-state index contributed by atoms with van der Waals surface area (Å²) in [5.41, 5.74) is 0.814. The Kier molecular flexibility index (Phi) is 7.09. The van der Waals surface area contributed by atoms with E-state index < -0.39 is 6.04 Å². The van der Waals surface area contributed by atoms with Crippen molar-refractivity contribution in [2.24, 2.45) is 11.8 Å². The van der Waals surface area contributed by atoms with Gasteiger partial charge < -0.3 is 15.0 Å². The van der Waals surface area contributed by atoms with Crippen molar-refractivity contribution in [2.45, 2.75) is 38.8 Å². The number of nitrogens with zero attached hydrogens (tertiary/aromatic N) is 2. The number of rotatable bonds is 8. The minimum Gasteiger partial charge on any atom is -0.497 e. The third-order valence-electron chi connectivity index (χ3n) is 6.05. The summed E-state index contributed by atoms with van der Waals surface area (Å²) < 4.78 is 5.24. The summed E-state index contributed by atoms with van der Waals surface area (Å²) in [6.07, 6.45) is 4.96. The standard InChI is InChI=1S/C23H29N3O5/c1-15(21(28)24-2)26(14-16-7-6-8-17(13-16)31-3)20(27)11-12-25-22(29)18-9-4-5-10-19(18)23(25)30/h4-8,13,15,18-19H,9-12,14H2,1-3H3,(H,24,28)/t15-,18-,19+/m1/s1. The van der Waals surface area contributed by atoms with Crippen molar-refractivity contribution in [1.29, 1.82) is 0 Å². The molecule has 1 aromatic carbocycles. The second kappa shape index (κ2) is 9.76. The van der Waals surface area contributed by atoms with Crippen molar-refractivity contribution in [3.8, 4) is 5.75 Å². The molecule has 1 aromatic rings. The first-order chi connectivity index (χ1) is 14.9. The van der Waals surface area contributed by atoms with E-state index in [1.807, 2.05) is 30.4 Å². The Labute approximate surface area is 182 Å². The SMILES string of the molecule is CNC(=O)[C@@H](C)N(Cc1cccc(OC)c1)C(=O)CCN1C(=O)[C@H]2CC=CC[C@H]2C1=O. The van der Waals surface area contributed by atoms with E-state index in [1.54, 1.807) is 20.1 Å². The zero-order valence-corrected chi connectivity index (χ0v) is 18.2. The highest BCUT2D eigenvalue weighted by molar-refractivity contribution is 6.05. The van der Waals surface area contributed by atoms with Gasteiger partial charge in [-0.15, -0.1) is 0 Å². The number of allylic oxidation sites excluding steroid dienone is 2. The summed E-state index contributed by atoms with van der Waals surface area (Å²) in [4.78, 5) is 53.3. The fraction of sp³-hybridized carbons (Fsp3) is 0.478. The van der Waals surface area contributed by atoms with Gasteiger partial charge in [0.15, 0.2) is 0 Å². The monoisotopic (exact) mass is 427 g/mol. The number of carbonyl (C=O) groups is 4. The number of imide groups is 1. The first kappa shape index (κ1) is 22.5. The summed E-state index contributed by atoms with van der Waals surface area (Å²) in [6, 6.07) is 6.57. The maximum atomic E-state index is 13.1. The van der Waals surface area contributed by atoms with Crippen LogP contribution in [0.4, 0.5) is 0 Å². The molecule has 1 N–H and O–H groups in total. The van der Waals surface area contributed by atoms with E-state index in [4.69, 9.17) is 4.74 Å². The highest BCUT2D eigenvalue weighted by Gasteiger charge is 2.47. The number of nitrogens with one attached hydrogen (secondary N) is 1. The predicted octanol–water partition coefficient (Wildman–Crippen LogP) is 1.50. The van der Waals surface area contributed by atoms with Gasteiger partial charge in [-0.2, -0.15) is 0 Å². The van der Waals surface area contributed by atoms with Crippen molar-refractivity contribution in [3.63, 3.8) is 0 Å². The van der Waals surface area contributed by atoms with Gasteiger partial charge >= 0.3 is 0 Å². The summed E-state index contributed by atoms with van der Waals surface area (Å²) in [5, 5.41) is 2.57. The van der Waals surface area contributed by atoms with Gasteiger partial charge in [-0.05, 0) is 37.5 Å². The number of likely N-dealkylation sites (tertiary alicyclic amines) is 1. The Bertz CT molecular complexity index is 871. The van der Waals surface area contributed by atoms with Gasteiger partial charge in [-0.25, -0.2) is 0 Å². The smallest absolute Gasteiger partial charge is 0.242 e. The fourth-order valence-electron chi connectivity index (χ4n) is 4.20. The van der Waals surface area contributed by atoms with E-state index in [0.29, 0.717) is 18.6 Å². The number of ether oxygens (including phenoxy) is 1. The first-order valence-corrected chi connectivity index (χ1v) is 10.5. The molecule has 1 heterocycles. The zero-order chi connectivity index (χ0) is 22.5. The van der Waals surface area contributed by atoms with Crippen LogP contribution in [0.1, 0.15) is 31.7 Å². The largest absolute Gasteiger partial charge is 0.497 e. The van der Waals surface area contributed by atoms with Gasteiger partial charge in [0.1, 0.15) is 11.8 Å². The normalized spacial score (nSPS) is 20.9. The molecule has 0 unspecified atom stereocenters. The number of likely N-dealkylation sites (N-methyl/N-ethyl adjacent to an activating group) is 1. The molecular weight excluding hydrogens is 398 g/mol. The molecule has 0 bridgehead atoms. The third-order valence-corrected chi connectivity index (χ3v) is 6.05. The van der Waals surface area contributed by atoms with E-state index in [-0.39, 0.29) is 55.0 Å². The minimum atomic E-state index is -0.708. The van der Waals surface area contributed by atoms with Crippen LogP contribution in [-0.4, -0.2) is 60.2 Å². The molecule has 166 valence electrons. The average molecular weight is 428 g/mol. The molecule has 1 aliphatic carbocycles. The van der Waals surface area contributed by atoms with Crippen molar-refractivity contribution in [2.75, 3.05) is 20.7 Å². The Morgan fingerprint density at radius 1 is 1.19 bits per heavy atom. The molecular formula is C23H29N3O5. The van der Waals surface area contributed by atoms with Crippen LogP contribution in [0.5, 0.6) is 5.75 Å². The topological polar surface area (TPSA) is 96.0 Å². The second-order valence-corrected chi connectivity index (χ2v) is 7.90. The van der Waals surface area contributed by atoms with Crippen molar-refractivity contribution >= 4 is 23.6 Å².